The molecule has 100 valence electrons. The summed E-state index contributed by atoms with van der Waals surface area (Å²) in [5, 5.41) is 0. The molecule has 1 fully saturated rings. The Morgan fingerprint density at radius 2 is 1.78 bits per heavy atom. The first-order valence-electron chi connectivity index (χ1n) is 7.25. The van der Waals surface area contributed by atoms with E-state index in [1.54, 1.807) is 7.11 Å². The quantitative estimate of drug-likeness (QED) is 0.739. The standard InChI is InChI=1S/C17H26O/c1-12(2)16-10-5-13(3)11-17(16)14-6-8-15(18-4)9-7-14/h6-9,12-13,16-17H,5,10-11H2,1-4H3. The summed E-state index contributed by atoms with van der Waals surface area (Å²) < 4.78 is 5.25. The lowest BCUT2D eigenvalue weighted by Gasteiger charge is -2.37. The summed E-state index contributed by atoms with van der Waals surface area (Å²) in [5.74, 6) is 4.19. The minimum absolute atomic E-state index is 0.736. The van der Waals surface area contributed by atoms with Gasteiger partial charge in [-0.05, 0) is 54.2 Å². The SMILES string of the molecule is COc1ccc(C2CC(C)CCC2C(C)C)cc1. The molecule has 0 bridgehead atoms. The van der Waals surface area contributed by atoms with Crippen molar-refractivity contribution in [2.24, 2.45) is 17.8 Å². The molecular formula is C17H26O. The van der Waals surface area contributed by atoms with Crippen LogP contribution in [0, 0.1) is 17.8 Å². The number of hydrogen-bond donors (Lipinski definition) is 0. The van der Waals surface area contributed by atoms with Crippen LogP contribution in [0.2, 0.25) is 0 Å². The highest BCUT2D eigenvalue weighted by atomic mass is 16.5. The highest BCUT2D eigenvalue weighted by Crippen LogP contribution is 2.44. The van der Waals surface area contributed by atoms with Gasteiger partial charge in [-0.3, -0.25) is 0 Å². The van der Waals surface area contributed by atoms with Gasteiger partial charge in [-0.2, -0.15) is 0 Å². The first kappa shape index (κ1) is 13.5. The maximum Gasteiger partial charge on any atom is 0.118 e. The molecule has 1 saturated carbocycles. The maximum absolute atomic E-state index is 5.25. The van der Waals surface area contributed by atoms with Gasteiger partial charge in [0, 0.05) is 0 Å². The fourth-order valence-corrected chi connectivity index (χ4v) is 3.44. The van der Waals surface area contributed by atoms with E-state index in [9.17, 15) is 0 Å². The Balaban J connectivity index is 2.20. The molecule has 1 nitrogen and oxygen atoms in total. The van der Waals surface area contributed by atoms with Gasteiger partial charge in [0.05, 0.1) is 7.11 Å². The summed E-state index contributed by atoms with van der Waals surface area (Å²) in [6, 6.07) is 8.73. The average molecular weight is 246 g/mol. The number of ether oxygens (including phenoxy) is 1. The van der Waals surface area contributed by atoms with E-state index in [0.717, 1.165) is 29.4 Å². The first-order chi connectivity index (χ1) is 8.61. The van der Waals surface area contributed by atoms with E-state index in [2.05, 4.69) is 45.0 Å². The average Bonchev–Trinajstić information content (AvgIpc) is 2.38. The zero-order chi connectivity index (χ0) is 13.1. The summed E-state index contributed by atoms with van der Waals surface area (Å²) >= 11 is 0. The third-order valence-corrected chi connectivity index (χ3v) is 4.57. The summed E-state index contributed by atoms with van der Waals surface area (Å²) in [6.07, 6.45) is 4.13. The second kappa shape index (κ2) is 5.77. The molecule has 0 radical (unpaired) electrons. The molecule has 1 aliphatic rings. The van der Waals surface area contributed by atoms with Gasteiger partial charge >= 0.3 is 0 Å². The second-order valence-corrected chi connectivity index (χ2v) is 6.21. The Morgan fingerprint density at radius 3 is 2.33 bits per heavy atom. The lowest BCUT2D eigenvalue weighted by molar-refractivity contribution is 0.197. The summed E-state index contributed by atoms with van der Waals surface area (Å²) in [5.41, 5.74) is 1.50. The van der Waals surface area contributed by atoms with Crippen LogP contribution >= 0.6 is 0 Å². The molecule has 0 aliphatic heterocycles. The van der Waals surface area contributed by atoms with Crippen molar-refractivity contribution in [3.63, 3.8) is 0 Å². The molecule has 1 aromatic carbocycles. The van der Waals surface area contributed by atoms with E-state index < -0.39 is 0 Å². The monoisotopic (exact) mass is 246 g/mol. The van der Waals surface area contributed by atoms with Crippen molar-refractivity contribution in [2.75, 3.05) is 7.11 Å². The van der Waals surface area contributed by atoms with Crippen molar-refractivity contribution in [3.05, 3.63) is 29.8 Å². The summed E-state index contributed by atoms with van der Waals surface area (Å²) in [6.45, 7) is 7.14. The summed E-state index contributed by atoms with van der Waals surface area (Å²) in [7, 11) is 1.73. The number of benzene rings is 1. The van der Waals surface area contributed by atoms with E-state index >= 15 is 0 Å². The molecule has 0 aromatic heterocycles. The lowest BCUT2D eigenvalue weighted by Crippen LogP contribution is -2.26. The third kappa shape index (κ3) is 2.88. The molecule has 1 aromatic rings. The van der Waals surface area contributed by atoms with Crippen LogP contribution < -0.4 is 4.74 Å². The lowest BCUT2D eigenvalue weighted by atomic mass is 9.68. The zero-order valence-corrected chi connectivity index (χ0v) is 12.1. The molecule has 1 heteroatoms. The molecule has 3 atom stereocenters. The van der Waals surface area contributed by atoms with Gasteiger partial charge < -0.3 is 4.74 Å². The minimum Gasteiger partial charge on any atom is -0.497 e. The molecule has 0 N–H and O–H groups in total. The van der Waals surface area contributed by atoms with Gasteiger partial charge in [-0.25, -0.2) is 0 Å². The van der Waals surface area contributed by atoms with Crippen LogP contribution in [0.3, 0.4) is 0 Å². The van der Waals surface area contributed by atoms with Gasteiger partial charge in [0.15, 0.2) is 0 Å². The van der Waals surface area contributed by atoms with E-state index in [1.807, 2.05) is 0 Å². The molecule has 0 saturated heterocycles. The van der Waals surface area contributed by atoms with E-state index in [0.29, 0.717) is 0 Å². The van der Waals surface area contributed by atoms with Crippen LogP contribution in [-0.4, -0.2) is 7.11 Å². The Morgan fingerprint density at radius 1 is 1.11 bits per heavy atom. The fraction of sp³-hybridized carbons (Fsp3) is 0.647. The maximum atomic E-state index is 5.25. The first-order valence-corrected chi connectivity index (χ1v) is 7.25. The Labute approximate surface area is 112 Å². The van der Waals surface area contributed by atoms with Crippen molar-refractivity contribution < 1.29 is 4.74 Å². The van der Waals surface area contributed by atoms with Crippen LogP contribution in [0.5, 0.6) is 5.75 Å². The number of rotatable bonds is 3. The fourth-order valence-electron chi connectivity index (χ4n) is 3.44. The van der Waals surface area contributed by atoms with Crippen molar-refractivity contribution in [1.82, 2.24) is 0 Å². The van der Waals surface area contributed by atoms with Gasteiger partial charge in [0.1, 0.15) is 5.75 Å². The van der Waals surface area contributed by atoms with E-state index in [4.69, 9.17) is 4.74 Å². The van der Waals surface area contributed by atoms with Crippen LogP contribution in [0.25, 0.3) is 0 Å². The van der Waals surface area contributed by atoms with Crippen molar-refractivity contribution in [3.8, 4) is 5.75 Å². The van der Waals surface area contributed by atoms with Gasteiger partial charge in [-0.15, -0.1) is 0 Å². The normalized spacial score (nSPS) is 28.4. The molecule has 0 spiro atoms. The highest BCUT2D eigenvalue weighted by molar-refractivity contribution is 5.30. The minimum atomic E-state index is 0.736. The molecule has 2 rings (SSSR count). The van der Waals surface area contributed by atoms with Gasteiger partial charge in [-0.1, -0.05) is 39.3 Å². The molecule has 18 heavy (non-hydrogen) atoms. The predicted molar refractivity (Wildman–Crippen MR) is 77.1 cm³/mol. The highest BCUT2D eigenvalue weighted by Gasteiger charge is 2.31. The Hall–Kier alpha value is -0.980. The van der Waals surface area contributed by atoms with Gasteiger partial charge in [0.25, 0.3) is 0 Å². The molecular weight excluding hydrogens is 220 g/mol. The molecule has 1 aliphatic carbocycles. The van der Waals surface area contributed by atoms with Crippen molar-refractivity contribution in [2.45, 2.75) is 46.0 Å². The van der Waals surface area contributed by atoms with Crippen molar-refractivity contribution in [1.29, 1.82) is 0 Å². The second-order valence-electron chi connectivity index (χ2n) is 6.21. The van der Waals surface area contributed by atoms with Crippen LogP contribution in [0.1, 0.15) is 51.5 Å². The Kier molecular flexibility index (Phi) is 4.31. The Bertz CT molecular complexity index is 366. The molecule has 0 amide bonds. The number of methoxy groups -OCH3 is 1. The predicted octanol–water partition coefficient (Wildman–Crippen LogP) is 4.87. The topological polar surface area (TPSA) is 9.23 Å². The van der Waals surface area contributed by atoms with Crippen LogP contribution in [0.4, 0.5) is 0 Å². The van der Waals surface area contributed by atoms with Crippen LogP contribution in [0.15, 0.2) is 24.3 Å². The molecule has 3 unspecified atom stereocenters. The number of hydrogen-bond acceptors (Lipinski definition) is 1. The largest absolute Gasteiger partial charge is 0.497 e. The van der Waals surface area contributed by atoms with E-state index in [-0.39, 0.29) is 0 Å². The smallest absolute Gasteiger partial charge is 0.118 e. The third-order valence-electron chi connectivity index (χ3n) is 4.57. The zero-order valence-electron chi connectivity index (χ0n) is 12.1. The molecule has 0 heterocycles. The van der Waals surface area contributed by atoms with Crippen molar-refractivity contribution >= 4 is 0 Å². The van der Waals surface area contributed by atoms with Crippen LogP contribution in [-0.2, 0) is 0 Å². The van der Waals surface area contributed by atoms with E-state index in [1.165, 1.54) is 24.8 Å². The summed E-state index contributed by atoms with van der Waals surface area (Å²) in [4.78, 5) is 0. The van der Waals surface area contributed by atoms with Gasteiger partial charge in [0.2, 0.25) is 0 Å².